The van der Waals surface area contributed by atoms with E-state index >= 15 is 0 Å². The van der Waals surface area contributed by atoms with Crippen LogP contribution >= 0.6 is 11.3 Å². The third-order valence-corrected chi connectivity index (χ3v) is 4.01. The lowest BCUT2D eigenvalue weighted by Gasteiger charge is -2.26. The van der Waals surface area contributed by atoms with E-state index in [1.165, 1.54) is 6.07 Å². The van der Waals surface area contributed by atoms with Crippen LogP contribution in [0.4, 0.5) is 4.39 Å². The molecule has 0 saturated carbocycles. The zero-order valence-electron chi connectivity index (χ0n) is 11.9. The summed E-state index contributed by atoms with van der Waals surface area (Å²) in [6.07, 6.45) is 0. The maximum Gasteiger partial charge on any atom is 0.257 e. The Labute approximate surface area is 122 Å². The van der Waals surface area contributed by atoms with E-state index in [-0.39, 0.29) is 17.5 Å². The van der Waals surface area contributed by atoms with E-state index in [0.717, 1.165) is 10.4 Å². The summed E-state index contributed by atoms with van der Waals surface area (Å²) in [5.74, 6) is -0.710. The van der Waals surface area contributed by atoms with Crippen molar-refractivity contribution in [2.24, 2.45) is 0 Å². The van der Waals surface area contributed by atoms with Gasteiger partial charge in [0.1, 0.15) is 5.82 Å². The van der Waals surface area contributed by atoms with E-state index in [4.69, 9.17) is 0 Å². The lowest BCUT2D eigenvalue weighted by Crippen LogP contribution is -2.36. The van der Waals surface area contributed by atoms with Crippen molar-refractivity contribution in [3.63, 3.8) is 0 Å². The molecule has 1 heterocycles. The van der Waals surface area contributed by atoms with Crippen molar-refractivity contribution >= 4 is 17.2 Å². The zero-order chi connectivity index (χ0) is 14.7. The van der Waals surface area contributed by atoms with Crippen LogP contribution in [0.2, 0.25) is 0 Å². The van der Waals surface area contributed by atoms with Crippen LogP contribution in [0, 0.1) is 12.7 Å². The fraction of sp³-hybridized carbons (Fsp3) is 0.312. The summed E-state index contributed by atoms with van der Waals surface area (Å²) in [6.45, 7) is 6.21. The zero-order valence-corrected chi connectivity index (χ0v) is 12.7. The molecule has 0 aliphatic carbocycles. The lowest BCUT2D eigenvalue weighted by molar-refractivity contribution is 0.0687. The Morgan fingerprint density at radius 3 is 2.65 bits per heavy atom. The molecular formula is C16H18FNOS. The largest absolute Gasteiger partial charge is 0.331 e. The first-order valence-electron chi connectivity index (χ1n) is 6.58. The summed E-state index contributed by atoms with van der Waals surface area (Å²) in [5, 5.41) is 1.98. The number of hydrogen-bond donors (Lipinski definition) is 0. The average Bonchev–Trinajstić information content (AvgIpc) is 2.87. The number of rotatable bonds is 4. The fourth-order valence-corrected chi connectivity index (χ4v) is 2.71. The van der Waals surface area contributed by atoms with Gasteiger partial charge in [-0.25, -0.2) is 4.39 Å². The summed E-state index contributed by atoms with van der Waals surface area (Å²) in [4.78, 5) is 15.3. The Kier molecular flexibility index (Phi) is 4.55. The van der Waals surface area contributed by atoms with Gasteiger partial charge in [-0.15, -0.1) is 11.3 Å². The summed E-state index contributed by atoms with van der Waals surface area (Å²) in [7, 11) is 0. The van der Waals surface area contributed by atoms with Gasteiger partial charge in [-0.05, 0) is 49.9 Å². The second-order valence-electron chi connectivity index (χ2n) is 5.09. The minimum absolute atomic E-state index is 0.0188. The molecule has 1 aromatic heterocycles. The predicted molar refractivity (Wildman–Crippen MR) is 80.5 cm³/mol. The molecule has 0 atom stereocenters. The van der Waals surface area contributed by atoms with Crippen molar-refractivity contribution in [3.05, 3.63) is 57.5 Å². The quantitative estimate of drug-likeness (QED) is 0.825. The number of carbonyl (C=O) groups excluding carboxylic acids is 1. The van der Waals surface area contributed by atoms with Gasteiger partial charge in [0.15, 0.2) is 0 Å². The number of carbonyl (C=O) groups is 1. The van der Waals surface area contributed by atoms with Crippen LogP contribution in [-0.4, -0.2) is 16.8 Å². The van der Waals surface area contributed by atoms with Gasteiger partial charge in [0.2, 0.25) is 0 Å². The van der Waals surface area contributed by atoms with Crippen LogP contribution in [0.5, 0.6) is 0 Å². The predicted octanol–water partition coefficient (Wildman–Crippen LogP) is 4.25. The summed E-state index contributed by atoms with van der Waals surface area (Å²) >= 11 is 1.60. The number of aryl methyl sites for hydroxylation is 1. The molecule has 0 fully saturated rings. The van der Waals surface area contributed by atoms with Gasteiger partial charge in [0.05, 0.1) is 12.1 Å². The molecule has 106 valence electrons. The molecule has 0 aliphatic heterocycles. The first-order chi connectivity index (χ1) is 9.49. The molecular weight excluding hydrogens is 273 g/mol. The van der Waals surface area contributed by atoms with Gasteiger partial charge in [0.25, 0.3) is 5.91 Å². The van der Waals surface area contributed by atoms with Crippen molar-refractivity contribution in [1.29, 1.82) is 0 Å². The number of benzene rings is 1. The average molecular weight is 291 g/mol. The smallest absolute Gasteiger partial charge is 0.257 e. The Morgan fingerprint density at radius 2 is 2.10 bits per heavy atom. The van der Waals surface area contributed by atoms with Gasteiger partial charge >= 0.3 is 0 Å². The van der Waals surface area contributed by atoms with E-state index in [0.29, 0.717) is 6.54 Å². The SMILES string of the molecule is Cc1ccc(C(=O)N(Cc2cccs2)C(C)C)c(F)c1. The normalized spacial score (nSPS) is 10.8. The van der Waals surface area contributed by atoms with E-state index in [1.807, 2.05) is 38.3 Å². The maximum absolute atomic E-state index is 14.0. The highest BCUT2D eigenvalue weighted by Crippen LogP contribution is 2.19. The van der Waals surface area contributed by atoms with Crippen molar-refractivity contribution in [3.8, 4) is 0 Å². The molecule has 2 rings (SSSR count). The third-order valence-electron chi connectivity index (χ3n) is 3.15. The van der Waals surface area contributed by atoms with Crippen molar-refractivity contribution in [1.82, 2.24) is 4.90 Å². The summed E-state index contributed by atoms with van der Waals surface area (Å²) in [6, 6.07) is 8.69. The molecule has 0 N–H and O–H groups in total. The molecule has 20 heavy (non-hydrogen) atoms. The van der Waals surface area contributed by atoms with Gasteiger partial charge in [-0.2, -0.15) is 0 Å². The summed E-state index contributed by atoms with van der Waals surface area (Å²) in [5.41, 5.74) is 0.953. The second kappa shape index (κ2) is 6.18. The van der Waals surface area contributed by atoms with Crippen molar-refractivity contribution in [2.45, 2.75) is 33.4 Å². The number of thiophene rings is 1. The second-order valence-corrected chi connectivity index (χ2v) is 6.12. The fourth-order valence-electron chi connectivity index (χ4n) is 2.01. The van der Waals surface area contributed by atoms with Gasteiger partial charge in [-0.1, -0.05) is 12.1 Å². The first kappa shape index (κ1) is 14.7. The Bertz CT molecular complexity index is 593. The molecule has 2 aromatic rings. The van der Waals surface area contributed by atoms with Crippen molar-refractivity contribution < 1.29 is 9.18 Å². The van der Waals surface area contributed by atoms with E-state index < -0.39 is 5.82 Å². The molecule has 4 heteroatoms. The molecule has 0 spiro atoms. The number of amides is 1. The monoisotopic (exact) mass is 291 g/mol. The van der Waals surface area contributed by atoms with Gasteiger partial charge in [0, 0.05) is 10.9 Å². The Hall–Kier alpha value is -1.68. The molecule has 2 nitrogen and oxygen atoms in total. The molecule has 0 radical (unpaired) electrons. The minimum atomic E-state index is -0.452. The molecule has 0 aliphatic rings. The van der Waals surface area contributed by atoms with E-state index in [1.54, 1.807) is 28.4 Å². The topological polar surface area (TPSA) is 20.3 Å². The number of nitrogens with zero attached hydrogens (tertiary/aromatic N) is 1. The molecule has 0 saturated heterocycles. The third kappa shape index (κ3) is 3.25. The Morgan fingerprint density at radius 1 is 1.35 bits per heavy atom. The highest BCUT2D eigenvalue weighted by atomic mass is 32.1. The van der Waals surface area contributed by atoms with E-state index in [2.05, 4.69) is 0 Å². The highest BCUT2D eigenvalue weighted by Gasteiger charge is 2.22. The number of halogens is 1. The van der Waals surface area contributed by atoms with Crippen molar-refractivity contribution in [2.75, 3.05) is 0 Å². The highest BCUT2D eigenvalue weighted by molar-refractivity contribution is 7.09. The molecule has 0 unspecified atom stereocenters. The van der Waals surface area contributed by atoms with Crippen LogP contribution in [0.3, 0.4) is 0 Å². The van der Waals surface area contributed by atoms with Gasteiger partial charge < -0.3 is 4.90 Å². The molecule has 1 aromatic carbocycles. The van der Waals surface area contributed by atoms with Gasteiger partial charge in [-0.3, -0.25) is 4.79 Å². The molecule has 1 amide bonds. The number of hydrogen-bond acceptors (Lipinski definition) is 2. The Balaban J connectivity index is 2.27. The van der Waals surface area contributed by atoms with Crippen LogP contribution in [0.25, 0.3) is 0 Å². The van der Waals surface area contributed by atoms with E-state index in [9.17, 15) is 9.18 Å². The van der Waals surface area contributed by atoms with Crippen LogP contribution < -0.4 is 0 Å². The van der Waals surface area contributed by atoms with Crippen LogP contribution in [-0.2, 0) is 6.54 Å². The molecule has 0 bridgehead atoms. The minimum Gasteiger partial charge on any atom is -0.331 e. The maximum atomic E-state index is 14.0. The standard InChI is InChI=1S/C16H18FNOS/c1-11(2)18(10-13-5-4-8-20-13)16(19)14-7-6-12(3)9-15(14)17/h4-9,11H,10H2,1-3H3. The lowest BCUT2D eigenvalue weighted by atomic mass is 10.1. The summed E-state index contributed by atoms with van der Waals surface area (Å²) < 4.78 is 14.0. The van der Waals surface area contributed by atoms with Crippen LogP contribution in [0.1, 0.15) is 34.6 Å². The van der Waals surface area contributed by atoms with Crippen LogP contribution in [0.15, 0.2) is 35.7 Å². The first-order valence-corrected chi connectivity index (χ1v) is 7.46.